The van der Waals surface area contributed by atoms with E-state index in [4.69, 9.17) is 0 Å². The number of amides is 1. The van der Waals surface area contributed by atoms with Crippen LogP contribution in [0.15, 0.2) is 63.4 Å². The van der Waals surface area contributed by atoms with Crippen LogP contribution < -0.4 is 10.9 Å². The van der Waals surface area contributed by atoms with Crippen LogP contribution in [0.1, 0.15) is 39.5 Å². The fraction of sp³-hybridized carbons (Fsp3) is 0.385. The van der Waals surface area contributed by atoms with E-state index in [2.05, 4.69) is 15.5 Å². The van der Waals surface area contributed by atoms with Crippen LogP contribution in [0.3, 0.4) is 0 Å². The Bertz CT molecular complexity index is 1660. The molecule has 1 aliphatic rings. The van der Waals surface area contributed by atoms with Crippen LogP contribution in [-0.2, 0) is 21.4 Å². The van der Waals surface area contributed by atoms with E-state index in [0.717, 1.165) is 25.7 Å². The summed E-state index contributed by atoms with van der Waals surface area (Å²) < 4.78 is 31.1. The lowest BCUT2D eigenvalue weighted by molar-refractivity contribution is -0.115. The van der Waals surface area contributed by atoms with Crippen LogP contribution in [0, 0.1) is 0 Å². The Balaban J connectivity index is 1.39. The number of nitrogens with one attached hydrogen (secondary N) is 1. The molecule has 1 unspecified atom stereocenters. The van der Waals surface area contributed by atoms with E-state index in [1.807, 2.05) is 29.5 Å². The molecule has 1 amide bonds. The molecule has 1 atom stereocenters. The third-order valence-corrected chi connectivity index (χ3v) is 9.57. The molecule has 0 radical (unpaired) electrons. The van der Waals surface area contributed by atoms with Crippen LogP contribution in [0.4, 0.5) is 5.69 Å². The fourth-order valence-electron chi connectivity index (χ4n) is 4.68. The number of rotatable bonds is 8. The molecule has 10 nitrogen and oxygen atoms in total. The van der Waals surface area contributed by atoms with Crippen LogP contribution in [0.25, 0.3) is 16.7 Å². The van der Waals surface area contributed by atoms with E-state index in [1.54, 1.807) is 35.8 Å². The van der Waals surface area contributed by atoms with Gasteiger partial charge >= 0.3 is 0 Å². The summed E-state index contributed by atoms with van der Waals surface area (Å²) in [6, 6.07) is 13.7. The van der Waals surface area contributed by atoms with Crippen molar-refractivity contribution in [1.29, 1.82) is 0 Å². The largest absolute Gasteiger partial charge is 0.325 e. The van der Waals surface area contributed by atoms with Crippen molar-refractivity contribution in [2.75, 3.05) is 18.4 Å². The smallest absolute Gasteiger partial charge is 0.262 e. The molecule has 5 rings (SSSR count). The van der Waals surface area contributed by atoms with Gasteiger partial charge in [-0.3, -0.25) is 18.6 Å². The number of hydrogen-bond acceptors (Lipinski definition) is 7. The number of para-hydroxylation sites is 1. The maximum Gasteiger partial charge on any atom is 0.262 e. The van der Waals surface area contributed by atoms with Gasteiger partial charge in [-0.2, -0.15) is 4.31 Å². The summed E-state index contributed by atoms with van der Waals surface area (Å²) in [4.78, 5) is 26.3. The third kappa shape index (κ3) is 4.95. The van der Waals surface area contributed by atoms with Crippen molar-refractivity contribution in [2.24, 2.45) is 0 Å². The van der Waals surface area contributed by atoms with Gasteiger partial charge in [-0.1, -0.05) is 43.3 Å². The summed E-state index contributed by atoms with van der Waals surface area (Å²) in [5.74, 6) is 0.131. The van der Waals surface area contributed by atoms with Gasteiger partial charge in [0.15, 0.2) is 5.16 Å². The average Bonchev–Trinajstić information content (AvgIpc) is 3.35. The van der Waals surface area contributed by atoms with Gasteiger partial charge in [0.05, 0.1) is 21.0 Å². The van der Waals surface area contributed by atoms with Crippen molar-refractivity contribution in [1.82, 2.24) is 23.5 Å². The monoisotopic (exact) mass is 554 g/mol. The third-order valence-electron chi connectivity index (χ3n) is 6.63. The first-order chi connectivity index (χ1) is 18.3. The molecule has 38 heavy (non-hydrogen) atoms. The van der Waals surface area contributed by atoms with Crippen molar-refractivity contribution in [2.45, 2.75) is 61.4 Å². The topological polar surface area (TPSA) is 119 Å². The van der Waals surface area contributed by atoms with Gasteiger partial charge in [0.25, 0.3) is 5.56 Å². The number of carbonyl (C=O) groups is 1. The van der Waals surface area contributed by atoms with Crippen molar-refractivity contribution in [3.63, 3.8) is 0 Å². The zero-order valence-electron chi connectivity index (χ0n) is 21.3. The normalized spacial score (nSPS) is 15.6. The van der Waals surface area contributed by atoms with Crippen LogP contribution >= 0.6 is 11.8 Å². The first kappa shape index (κ1) is 26.4. The summed E-state index contributed by atoms with van der Waals surface area (Å²) in [6.07, 6.45) is 3.50. The number of benzene rings is 2. The van der Waals surface area contributed by atoms with Crippen LogP contribution in [0.2, 0.25) is 0 Å². The minimum Gasteiger partial charge on any atom is -0.325 e. The molecule has 0 bridgehead atoms. The predicted octanol–water partition coefficient (Wildman–Crippen LogP) is 3.75. The molecular formula is C26H30N6O4S2. The second-order valence-electron chi connectivity index (χ2n) is 9.33. The molecule has 0 saturated carbocycles. The van der Waals surface area contributed by atoms with E-state index in [0.29, 0.717) is 47.2 Å². The number of piperidine rings is 1. The Labute approximate surface area is 225 Å². The summed E-state index contributed by atoms with van der Waals surface area (Å²) in [5, 5.41) is 11.9. The second-order valence-corrected chi connectivity index (χ2v) is 12.6. The second kappa shape index (κ2) is 10.9. The maximum atomic E-state index is 13.1. The zero-order valence-corrected chi connectivity index (χ0v) is 23.0. The summed E-state index contributed by atoms with van der Waals surface area (Å²) in [6.45, 7) is 5.27. The number of aryl methyl sites for hydroxylation is 1. The summed E-state index contributed by atoms with van der Waals surface area (Å²) >= 11 is 1.22. The molecule has 2 aromatic carbocycles. The molecule has 0 aliphatic carbocycles. The molecule has 1 aliphatic heterocycles. The molecule has 200 valence electrons. The molecule has 3 heterocycles. The first-order valence-corrected chi connectivity index (χ1v) is 15.1. The lowest BCUT2D eigenvalue weighted by Gasteiger charge is -2.26. The quantitative estimate of drug-likeness (QED) is 0.330. The van der Waals surface area contributed by atoms with Crippen molar-refractivity contribution in [3.05, 3.63) is 58.9 Å². The lowest BCUT2D eigenvalue weighted by atomic mass is 10.2. The molecule has 0 spiro atoms. The minimum atomic E-state index is -3.61. The van der Waals surface area contributed by atoms with Gasteiger partial charge in [-0.25, -0.2) is 8.42 Å². The lowest BCUT2D eigenvalue weighted by Crippen LogP contribution is -2.35. The van der Waals surface area contributed by atoms with Gasteiger partial charge in [-0.15, -0.1) is 10.2 Å². The number of fused-ring (bicyclic) bond motifs is 3. The SMILES string of the molecule is CCCn1c(=O)c2ccccc2n2c(SC(C)C(=O)Nc3cccc(S(=O)(=O)N4CCCCC4)c3)nnc12. The van der Waals surface area contributed by atoms with Crippen molar-refractivity contribution < 1.29 is 13.2 Å². The molecule has 4 aromatic rings. The van der Waals surface area contributed by atoms with E-state index in [9.17, 15) is 18.0 Å². The fourth-order valence-corrected chi connectivity index (χ4v) is 7.10. The molecule has 1 N–H and O–H groups in total. The molecule has 1 saturated heterocycles. The Morgan fingerprint density at radius 3 is 2.61 bits per heavy atom. The average molecular weight is 555 g/mol. The van der Waals surface area contributed by atoms with E-state index in [1.165, 1.54) is 22.1 Å². The van der Waals surface area contributed by atoms with Gasteiger partial charge < -0.3 is 5.32 Å². The number of sulfonamides is 1. The Morgan fingerprint density at radius 2 is 1.84 bits per heavy atom. The van der Waals surface area contributed by atoms with E-state index >= 15 is 0 Å². The molecular weight excluding hydrogens is 524 g/mol. The number of thioether (sulfide) groups is 1. The Morgan fingerprint density at radius 1 is 1.08 bits per heavy atom. The molecule has 12 heteroatoms. The number of aromatic nitrogens is 4. The highest BCUT2D eigenvalue weighted by molar-refractivity contribution is 8.00. The first-order valence-electron chi connectivity index (χ1n) is 12.8. The van der Waals surface area contributed by atoms with Gasteiger partial charge in [0.1, 0.15) is 0 Å². The number of hydrogen-bond donors (Lipinski definition) is 1. The Kier molecular flexibility index (Phi) is 7.55. The van der Waals surface area contributed by atoms with Gasteiger partial charge in [0.2, 0.25) is 21.7 Å². The number of nitrogens with zero attached hydrogens (tertiary/aromatic N) is 5. The minimum absolute atomic E-state index is 0.121. The highest BCUT2D eigenvalue weighted by atomic mass is 32.2. The summed E-state index contributed by atoms with van der Waals surface area (Å²) in [7, 11) is -3.61. The van der Waals surface area contributed by atoms with E-state index < -0.39 is 15.3 Å². The molecule has 1 fully saturated rings. The van der Waals surface area contributed by atoms with Gasteiger partial charge in [0, 0.05) is 25.3 Å². The predicted molar refractivity (Wildman–Crippen MR) is 148 cm³/mol. The maximum absolute atomic E-state index is 13.1. The van der Waals surface area contributed by atoms with Crippen LogP contribution in [-0.4, -0.2) is 56.1 Å². The van der Waals surface area contributed by atoms with Crippen molar-refractivity contribution in [3.8, 4) is 0 Å². The summed E-state index contributed by atoms with van der Waals surface area (Å²) in [5.41, 5.74) is 0.966. The van der Waals surface area contributed by atoms with Gasteiger partial charge in [-0.05, 0) is 56.5 Å². The molecule has 2 aromatic heterocycles. The number of carbonyl (C=O) groups excluding carboxylic acids is 1. The highest BCUT2D eigenvalue weighted by Crippen LogP contribution is 2.27. The standard InChI is InChI=1S/C26H30N6O4S2/c1-3-14-31-24(34)21-12-5-6-13-22(21)32-25(31)28-29-26(32)37-18(2)23(33)27-19-10-9-11-20(17-19)38(35,36)30-15-7-4-8-16-30/h5-6,9-13,17-18H,3-4,7-8,14-16H2,1-2H3,(H,27,33). The van der Waals surface area contributed by atoms with Crippen molar-refractivity contribution >= 4 is 50.1 Å². The van der Waals surface area contributed by atoms with E-state index in [-0.39, 0.29) is 16.4 Å². The van der Waals surface area contributed by atoms with Crippen LogP contribution in [0.5, 0.6) is 0 Å². The zero-order chi connectivity index (χ0) is 26.9. The highest BCUT2D eigenvalue weighted by Gasteiger charge is 2.27. The number of anilines is 1. The Hall–Kier alpha value is -3.22.